The van der Waals surface area contributed by atoms with Crippen LogP contribution in [-0.4, -0.2) is 65.4 Å². The minimum absolute atomic E-state index is 0.0738. The molecule has 1 atom stereocenters. The lowest BCUT2D eigenvalue weighted by Crippen LogP contribution is -2.35. The van der Waals surface area contributed by atoms with Gasteiger partial charge in [0.2, 0.25) is 0 Å². The number of rotatable bonds is 8. The first-order chi connectivity index (χ1) is 14.4. The molecule has 1 aromatic carbocycles. The van der Waals surface area contributed by atoms with Crippen molar-refractivity contribution >= 4 is 17.4 Å². The number of aliphatic hydroxyl groups excluding tert-OH is 1. The number of benzene rings is 1. The van der Waals surface area contributed by atoms with Gasteiger partial charge in [-0.15, -0.1) is 0 Å². The van der Waals surface area contributed by atoms with Crippen molar-refractivity contribution in [3.05, 3.63) is 78.1 Å². The SMILES string of the molecule is C=CCOc1ccc(/C(O)=C2\C(=O)C(=O)N(CCN(C)C)[C@@H]2c2ccncc2)cc1. The van der Waals surface area contributed by atoms with Crippen LogP contribution in [0, 0.1) is 0 Å². The van der Waals surface area contributed by atoms with Crippen molar-refractivity contribution in [3.63, 3.8) is 0 Å². The monoisotopic (exact) mass is 407 g/mol. The quantitative estimate of drug-likeness (QED) is 0.314. The number of amides is 1. The van der Waals surface area contributed by atoms with E-state index in [0.717, 1.165) is 5.56 Å². The first-order valence-corrected chi connectivity index (χ1v) is 9.61. The van der Waals surface area contributed by atoms with E-state index in [0.29, 0.717) is 31.0 Å². The Labute approximate surface area is 175 Å². The van der Waals surface area contributed by atoms with Gasteiger partial charge in [-0.2, -0.15) is 0 Å². The highest BCUT2D eigenvalue weighted by Gasteiger charge is 2.45. The summed E-state index contributed by atoms with van der Waals surface area (Å²) in [6.07, 6.45) is 4.85. The Morgan fingerprint density at radius 3 is 2.47 bits per heavy atom. The van der Waals surface area contributed by atoms with Gasteiger partial charge < -0.3 is 19.6 Å². The third-order valence-corrected chi connectivity index (χ3v) is 4.85. The molecule has 3 rings (SSSR count). The lowest BCUT2D eigenvalue weighted by molar-refractivity contribution is -0.140. The normalized spacial score (nSPS) is 18.1. The number of nitrogens with zero attached hydrogens (tertiary/aromatic N) is 3. The van der Waals surface area contributed by atoms with Gasteiger partial charge in [0.15, 0.2) is 0 Å². The van der Waals surface area contributed by atoms with Gasteiger partial charge in [0.1, 0.15) is 18.1 Å². The molecule has 1 amide bonds. The smallest absolute Gasteiger partial charge is 0.295 e. The molecular weight excluding hydrogens is 382 g/mol. The molecule has 1 fully saturated rings. The summed E-state index contributed by atoms with van der Waals surface area (Å²) in [4.78, 5) is 33.1. The number of hydrogen-bond acceptors (Lipinski definition) is 6. The number of pyridine rings is 1. The van der Waals surface area contributed by atoms with E-state index < -0.39 is 17.7 Å². The van der Waals surface area contributed by atoms with Crippen molar-refractivity contribution in [2.75, 3.05) is 33.8 Å². The third kappa shape index (κ3) is 4.41. The number of aliphatic hydroxyl groups is 1. The number of likely N-dealkylation sites (N-methyl/N-ethyl adjacent to an activating group) is 1. The molecule has 2 heterocycles. The predicted molar refractivity (Wildman–Crippen MR) is 114 cm³/mol. The number of carbonyl (C=O) groups excluding carboxylic acids is 2. The Hall–Kier alpha value is -3.45. The first kappa shape index (κ1) is 21.3. The largest absolute Gasteiger partial charge is 0.507 e. The third-order valence-electron chi connectivity index (χ3n) is 4.85. The molecule has 7 nitrogen and oxygen atoms in total. The van der Waals surface area contributed by atoms with Gasteiger partial charge in [-0.1, -0.05) is 12.7 Å². The fraction of sp³-hybridized carbons (Fsp3) is 0.261. The zero-order valence-corrected chi connectivity index (χ0v) is 17.1. The van der Waals surface area contributed by atoms with Gasteiger partial charge in [-0.3, -0.25) is 14.6 Å². The second-order valence-corrected chi connectivity index (χ2v) is 7.20. The Morgan fingerprint density at radius 2 is 1.87 bits per heavy atom. The molecule has 0 radical (unpaired) electrons. The van der Waals surface area contributed by atoms with E-state index in [2.05, 4.69) is 11.6 Å². The number of aromatic nitrogens is 1. The van der Waals surface area contributed by atoms with Crippen LogP contribution in [0.5, 0.6) is 5.75 Å². The zero-order chi connectivity index (χ0) is 21.7. The van der Waals surface area contributed by atoms with Gasteiger partial charge in [0.05, 0.1) is 11.6 Å². The van der Waals surface area contributed by atoms with E-state index in [9.17, 15) is 14.7 Å². The highest BCUT2D eigenvalue weighted by Crippen LogP contribution is 2.39. The number of ketones is 1. The van der Waals surface area contributed by atoms with E-state index in [4.69, 9.17) is 4.74 Å². The topological polar surface area (TPSA) is 83.0 Å². The lowest BCUT2D eigenvalue weighted by atomic mass is 9.96. The van der Waals surface area contributed by atoms with Crippen LogP contribution in [0.1, 0.15) is 17.2 Å². The van der Waals surface area contributed by atoms with Crippen LogP contribution >= 0.6 is 0 Å². The maximum atomic E-state index is 12.9. The Kier molecular flexibility index (Phi) is 6.64. The molecule has 1 aliphatic rings. The maximum absolute atomic E-state index is 12.9. The Morgan fingerprint density at radius 1 is 1.20 bits per heavy atom. The molecule has 1 aliphatic heterocycles. The van der Waals surface area contributed by atoms with Crippen molar-refractivity contribution < 1.29 is 19.4 Å². The number of likely N-dealkylation sites (tertiary alicyclic amines) is 1. The number of ether oxygens (including phenoxy) is 1. The average Bonchev–Trinajstić information content (AvgIpc) is 3.01. The molecule has 30 heavy (non-hydrogen) atoms. The van der Waals surface area contributed by atoms with Crippen LogP contribution in [-0.2, 0) is 9.59 Å². The molecule has 7 heteroatoms. The fourth-order valence-corrected chi connectivity index (χ4v) is 3.33. The van der Waals surface area contributed by atoms with Crippen LogP contribution in [0.2, 0.25) is 0 Å². The number of carbonyl (C=O) groups is 2. The summed E-state index contributed by atoms with van der Waals surface area (Å²) in [5.41, 5.74) is 1.23. The predicted octanol–water partition coefficient (Wildman–Crippen LogP) is 2.63. The molecule has 1 N–H and O–H groups in total. The minimum atomic E-state index is -0.694. The molecule has 1 saturated heterocycles. The summed E-state index contributed by atoms with van der Waals surface area (Å²) in [6, 6.07) is 9.53. The molecule has 0 bridgehead atoms. The standard InChI is InChI=1S/C23H25N3O4/c1-4-15-30-18-7-5-17(6-8-18)21(27)19-20(16-9-11-24-12-10-16)26(14-13-25(2)3)23(29)22(19)28/h4-12,20,27H,1,13-15H2,2-3H3/b21-19+/t20-/m1/s1. The van der Waals surface area contributed by atoms with Gasteiger partial charge in [0.25, 0.3) is 11.7 Å². The molecule has 1 aromatic heterocycles. The van der Waals surface area contributed by atoms with Gasteiger partial charge >= 0.3 is 0 Å². The Bertz CT molecular complexity index is 952. The highest BCUT2D eigenvalue weighted by atomic mass is 16.5. The van der Waals surface area contributed by atoms with Crippen LogP contribution in [0.25, 0.3) is 5.76 Å². The van der Waals surface area contributed by atoms with E-state index in [1.54, 1.807) is 54.9 Å². The fourth-order valence-electron chi connectivity index (χ4n) is 3.33. The molecular formula is C23H25N3O4. The zero-order valence-electron chi connectivity index (χ0n) is 17.1. The summed E-state index contributed by atoms with van der Waals surface area (Å²) < 4.78 is 5.46. The molecule has 0 unspecified atom stereocenters. The van der Waals surface area contributed by atoms with Gasteiger partial charge in [-0.25, -0.2) is 0 Å². The molecule has 0 spiro atoms. The van der Waals surface area contributed by atoms with Crippen molar-refractivity contribution in [1.29, 1.82) is 0 Å². The molecule has 0 saturated carbocycles. The number of Topliss-reactive ketones (excluding diaryl/α,β-unsaturated/α-hetero) is 1. The summed E-state index contributed by atoms with van der Waals surface area (Å²) >= 11 is 0. The summed E-state index contributed by atoms with van der Waals surface area (Å²) in [7, 11) is 3.79. The minimum Gasteiger partial charge on any atom is -0.507 e. The van der Waals surface area contributed by atoms with E-state index >= 15 is 0 Å². The Balaban J connectivity index is 2.03. The first-order valence-electron chi connectivity index (χ1n) is 9.61. The van der Waals surface area contributed by atoms with Gasteiger partial charge in [-0.05, 0) is 56.1 Å². The molecule has 0 aliphatic carbocycles. The highest BCUT2D eigenvalue weighted by molar-refractivity contribution is 6.46. The van der Waals surface area contributed by atoms with Crippen molar-refractivity contribution in [1.82, 2.24) is 14.8 Å². The van der Waals surface area contributed by atoms with E-state index in [1.165, 1.54) is 4.90 Å². The maximum Gasteiger partial charge on any atom is 0.295 e. The van der Waals surface area contributed by atoms with Crippen LogP contribution in [0.3, 0.4) is 0 Å². The summed E-state index contributed by atoms with van der Waals surface area (Å²) in [6.45, 7) is 4.91. The lowest BCUT2D eigenvalue weighted by Gasteiger charge is -2.26. The molecule has 2 aromatic rings. The van der Waals surface area contributed by atoms with Crippen LogP contribution in [0.15, 0.2) is 67.0 Å². The average molecular weight is 407 g/mol. The summed E-state index contributed by atoms with van der Waals surface area (Å²) in [5, 5.41) is 11.0. The van der Waals surface area contributed by atoms with Crippen molar-refractivity contribution in [2.24, 2.45) is 0 Å². The van der Waals surface area contributed by atoms with E-state index in [-0.39, 0.29) is 11.3 Å². The van der Waals surface area contributed by atoms with Crippen LogP contribution < -0.4 is 4.74 Å². The van der Waals surface area contributed by atoms with Crippen molar-refractivity contribution in [2.45, 2.75) is 6.04 Å². The second kappa shape index (κ2) is 9.37. The second-order valence-electron chi connectivity index (χ2n) is 7.20. The van der Waals surface area contributed by atoms with Crippen LogP contribution in [0.4, 0.5) is 0 Å². The number of hydrogen-bond donors (Lipinski definition) is 1. The summed E-state index contributed by atoms with van der Waals surface area (Å²) in [5.74, 6) is -0.910. The molecule has 156 valence electrons. The van der Waals surface area contributed by atoms with Gasteiger partial charge in [0, 0.05) is 31.0 Å². The van der Waals surface area contributed by atoms with E-state index in [1.807, 2.05) is 19.0 Å². The van der Waals surface area contributed by atoms with Crippen molar-refractivity contribution in [3.8, 4) is 5.75 Å².